The molecule has 116 valence electrons. The highest BCUT2D eigenvalue weighted by atomic mass is 16.5. The number of hydrogen-bond donors (Lipinski definition) is 1. The van der Waals surface area contributed by atoms with Gasteiger partial charge in [0.05, 0.1) is 6.42 Å². The second kappa shape index (κ2) is 4.81. The number of ether oxygens (including phenoxy) is 1. The first-order valence-corrected chi connectivity index (χ1v) is 7.33. The van der Waals surface area contributed by atoms with Crippen molar-refractivity contribution in [3.63, 3.8) is 0 Å². The summed E-state index contributed by atoms with van der Waals surface area (Å²) in [6.07, 6.45) is 0.166. The number of carbonyl (C=O) groups excluding carboxylic acids is 1. The van der Waals surface area contributed by atoms with Crippen molar-refractivity contribution in [1.29, 1.82) is 0 Å². The number of H-pyrrole nitrogens is 1. The molecule has 0 saturated heterocycles. The highest BCUT2D eigenvalue weighted by molar-refractivity contribution is 5.85. The number of benzene rings is 1. The van der Waals surface area contributed by atoms with E-state index in [0.717, 1.165) is 27.8 Å². The maximum Gasteiger partial charge on any atom is 0.336 e. The molecule has 6 nitrogen and oxygen atoms in total. The van der Waals surface area contributed by atoms with E-state index in [2.05, 4.69) is 10.2 Å². The predicted molar refractivity (Wildman–Crippen MR) is 82.6 cm³/mol. The smallest absolute Gasteiger partial charge is 0.336 e. The van der Waals surface area contributed by atoms with Crippen molar-refractivity contribution in [1.82, 2.24) is 10.2 Å². The molecular formula is C17H14N2O4. The fraction of sp³-hybridized carbons (Fsp3) is 0.235. The predicted octanol–water partition coefficient (Wildman–Crippen LogP) is 2.57. The third-order valence-electron chi connectivity index (χ3n) is 4.20. The van der Waals surface area contributed by atoms with Gasteiger partial charge >= 0.3 is 11.6 Å². The third-order valence-corrected chi connectivity index (χ3v) is 4.20. The standard InChI is InChI=1S/C17H14N2O4/c1-8-3-4-10-11(6-14(20)22-13(10)5-8)12-7-15(21)23-17-16(12)9(2)18-19-17/h3-6,12H,7H2,1-2H3,(H,18,19). The summed E-state index contributed by atoms with van der Waals surface area (Å²) >= 11 is 0. The van der Waals surface area contributed by atoms with Crippen LogP contribution in [0.2, 0.25) is 0 Å². The maximum atomic E-state index is 12.0. The van der Waals surface area contributed by atoms with Crippen LogP contribution in [0.3, 0.4) is 0 Å². The van der Waals surface area contributed by atoms with Gasteiger partial charge in [0.15, 0.2) is 0 Å². The molecular weight excluding hydrogens is 296 g/mol. The molecule has 0 amide bonds. The highest BCUT2D eigenvalue weighted by Crippen LogP contribution is 2.41. The van der Waals surface area contributed by atoms with Crippen LogP contribution in [0.15, 0.2) is 33.5 Å². The molecule has 1 unspecified atom stereocenters. The number of nitrogens with one attached hydrogen (secondary N) is 1. The van der Waals surface area contributed by atoms with Crippen molar-refractivity contribution >= 4 is 16.9 Å². The summed E-state index contributed by atoms with van der Waals surface area (Å²) in [7, 11) is 0. The molecule has 0 fully saturated rings. The average Bonchev–Trinajstić information content (AvgIpc) is 2.86. The van der Waals surface area contributed by atoms with Crippen molar-refractivity contribution in [3.8, 4) is 5.88 Å². The van der Waals surface area contributed by atoms with Crippen molar-refractivity contribution in [2.75, 3.05) is 0 Å². The zero-order valence-electron chi connectivity index (χ0n) is 12.7. The fourth-order valence-electron chi connectivity index (χ4n) is 3.17. The number of aromatic nitrogens is 2. The molecule has 1 aliphatic heterocycles. The van der Waals surface area contributed by atoms with E-state index in [1.807, 2.05) is 32.0 Å². The van der Waals surface area contributed by atoms with Gasteiger partial charge in [-0.05, 0) is 31.0 Å². The number of aryl methyl sites for hydroxylation is 2. The van der Waals surface area contributed by atoms with E-state index < -0.39 is 5.63 Å². The number of carbonyl (C=O) groups is 1. The van der Waals surface area contributed by atoms with Crippen molar-refractivity contribution in [2.24, 2.45) is 0 Å². The molecule has 0 aliphatic carbocycles. The minimum atomic E-state index is -0.431. The van der Waals surface area contributed by atoms with E-state index in [4.69, 9.17) is 9.15 Å². The Hall–Kier alpha value is -2.89. The van der Waals surface area contributed by atoms with Crippen LogP contribution in [0.4, 0.5) is 0 Å². The quantitative estimate of drug-likeness (QED) is 0.551. The lowest BCUT2D eigenvalue weighted by Crippen LogP contribution is -2.22. The normalized spacial score (nSPS) is 17.1. The van der Waals surface area contributed by atoms with Gasteiger partial charge < -0.3 is 9.15 Å². The molecule has 0 radical (unpaired) electrons. The van der Waals surface area contributed by atoms with E-state index in [-0.39, 0.29) is 24.2 Å². The van der Waals surface area contributed by atoms with E-state index in [1.165, 1.54) is 6.07 Å². The number of aromatic amines is 1. The Morgan fingerprint density at radius 1 is 1.22 bits per heavy atom. The zero-order chi connectivity index (χ0) is 16.1. The number of hydrogen-bond acceptors (Lipinski definition) is 5. The molecule has 1 aromatic carbocycles. The Labute approximate surface area is 131 Å². The first kappa shape index (κ1) is 13.8. The van der Waals surface area contributed by atoms with E-state index in [0.29, 0.717) is 5.58 Å². The van der Waals surface area contributed by atoms with Gasteiger partial charge in [0, 0.05) is 28.6 Å². The Morgan fingerprint density at radius 3 is 2.87 bits per heavy atom. The summed E-state index contributed by atoms with van der Waals surface area (Å²) in [6, 6.07) is 7.15. The van der Waals surface area contributed by atoms with Gasteiger partial charge in [-0.3, -0.25) is 9.89 Å². The second-order valence-electron chi connectivity index (χ2n) is 5.82. The Morgan fingerprint density at radius 2 is 2.04 bits per heavy atom. The molecule has 4 rings (SSSR count). The largest absolute Gasteiger partial charge is 0.423 e. The SMILES string of the molecule is Cc1ccc2c(C3CC(=O)Oc4n[nH]c(C)c43)cc(=O)oc2c1. The van der Waals surface area contributed by atoms with Crippen LogP contribution in [0.1, 0.15) is 34.7 Å². The lowest BCUT2D eigenvalue weighted by atomic mass is 9.85. The molecule has 3 aromatic rings. The lowest BCUT2D eigenvalue weighted by Gasteiger charge is -2.22. The van der Waals surface area contributed by atoms with Crippen molar-refractivity contribution in [3.05, 3.63) is 57.1 Å². The summed E-state index contributed by atoms with van der Waals surface area (Å²) in [4.78, 5) is 23.9. The summed E-state index contributed by atoms with van der Waals surface area (Å²) < 4.78 is 10.5. The maximum absolute atomic E-state index is 12.0. The average molecular weight is 310 g/mol. The lowest BCUT2D eigenvalue weighted by molar-refractivity contribution is -0.135. The number of fused-ring (bicyclic) bond motifs is 2. The van der Waals surface area contributed by atoms with Crippen LogP contribution >= 0.6 is 0 Å². The summed E-state index contributed by atoms with van der Waals surface area (Å²) in [5.74, 6) is -0.348. The summed E-state index contributed by atoms with van der Waals surface area (Å²) in [5, 5.41) is 7.69. The van der Waals surface area contributed by atoms with Crippen LogP contribution < -0.4 is 10.4 Å². The molecule has 1 atom stereocenters. The summed E-state index contributed by atoms with van der Waals surface area (Å²) in [6.45, 7) is 3.80. The van der Waals surface area contributed by atoms with Gasteiger partial charge in [-0.2, -0.15) is 0 Å². The zero-order valence-corrected chi connectivity index (χ0v) is 12.7. The van der Waals surface area contributed by atoms with Crippen LogP contribution in [0.25, 0.3) is 11.0 Å². The monoisotopic (exact) mass is 310 g/mol. The van der Waals surface area contributed by atoms with Crippen LogP contribution in [-0.2, 0) is 4.79 Å². The highest BCUT2D eigenvalue weighted by Gasteiger charge is 2.33. The van der Waals surface area contributed by atoms with Gasteiger partial charge in [0.2, 0.25) is 5.88 Å². The van der Waals surface area contributed by atoms with E-state index >= 15 is 0 Å². The molecule has 1 N–H and O–H groups in total. The molecule has 23 heavy (non-hydrogen) atoms. The molecule has 0 saturated carbocycles. The molecule has 3 heterocycles. The number of esters is 1. The first-order chi connectivity index (χ1) is 11.0. The van der Waals surface area contributed by atoms with Gasteiger partial charge in [-0.1, -0.05) is 12.1 Å². The van der Waals surface area contributed by atoms with Crippen molar-refractivity contribution in [2.45, 2.75) is 26.2 Å². The van der Waals surface area contributed by atoms with Gasteiger partial charge in [-0.15, -0.1) is 5.10 Å². The third kappa shape index (κ3) is 2.14. The second-order valence-corrected chi connectivity index (χ2v) is 5.82. The molecule has 0 spiro atoms. The topological polar surface area (TPSA) is 85.2 Å². The first-order valence-electron chi connectivity index (χ1n) is 7.33. The van der Waals surface area contributed by atoms with E-state index in [9.17, 15) is 9.59 Å². The van der Waals surface area contributed by atoms with E-state index in [1.54, 1.807) is 0 Å². The van der Waals surface area contributed by atoms with Gasteiger partial charge in [0.1, 0.15) is 5.58 Å². The van der Waals surface area contributed by atoms with Gasteiger partial charge in [-0.25, -0.2) is 4.79 Å². The van der Waals surface area contributed by atoms with Crippen LogP contribution in [0, 0.1) is 13.8 Å². The minimum absolute atomic E-state index is 0.166. The number of nitrogens with zero attached hydrogens (tertiary/aromatic N) is 1. The fourth-order valence-corrected chi connectivity index (χ4v) is 3.17. The molecule has 1 aliphatic rings. The van der Waals surface area contributed by atoms with Gasteiger partial charge in [0.25, 0.3) is 0 Å². The molecule has 2 aromatic heterocycles. The summed E-state index contributed by atoms with van der Waals surface area (Å²) in [5.41, 5.74) is 3.50. The van der Waals surface area contributed by atoms with Crippen molar-refractivity contribution < 1.29 is 13.9 Å². The minimum Gasteiger partial charge on any atom is -0.423 e. The Balaban J connectivity index is 2.01. The van der Waals surface area contributed by atoms with Crippen LogP contribution in [-0.4, -0.2) is 16.2 Å². The van der Waals surface area contributed by atoms with Crippen LogP contribution in [0.5, 0.6) is 5.88 Å². The Bertz CT molecular complexity index is 999. The molecule has 0 bridgehead atoms. The number of rotatable bonds is 1. The Kier molecular flexibility index (Phi) is 2.87. The molecule has 6 heteroatoms.